The van der Waals surface area contributed by atoms with Crippen LogP contribution in [0, 0.1) is 0 Å². The molecule has 0 saturated heterocycles. The van der Waals surface area contributed by atoms with Crippen LogP contribution in [0.25, 0.3) is 0 Å². The summed E-state index contributed by atoms with van der Waals surface area (Å²) in [6.45, 7) is 10.7. The lowest BCUT2D eigenvalue weighted by molar-refractivity contribution is 0.0685. The quantitative estimate of drug-likeness (QED) is 0.193. The van der Waals surface area contributed by atoms with E-state index in [9.17, 15) is 0 Å². The molecule has 0 bridgehead atoms. The lowest BCUT2D eigenvalue weighted by atomic mass is 10.4. The van der Waals surface area contributed by atoms with E-state index < -0.39 is 8.80 Å². The van der Waals surface area contributed by atoms with Gasteiger partial charge >= 0.3 is 8.80 Å². The van der Waals surface area contributed by atoms with Crippen LogP contribution in [0.15, 0.2) is 36.1 Å². The lowest BCUT2D eigenvalue weighted by Gasteiger charge is -2.27. The third-order valence-corrected chi connectivity index (χ3v) is 5.83. The van der Waals surface area contributed by atoms with E-state index in [2.05, 4.69) is 39.8 Å². The zero-order chi connectivity index (χ0) is 17.9. The highest BCUT2D eigenvalue weighted by Crippen LogP contribution is 2.15. The summed E-state index contributed by atoms with van der Waals surface area (Å²) in [6, 6.07) is 0. The van der Waals surface area contributed by atoms with Gasteiger partial charge in [-0.05, 0) is 31.4 Å². The van der Waals surface area contributed by atoms with Gasteiger partial charge in [-0.25, -0.2) is 0 Å². The summed E-state index contributed by atoms with van der Waals surface area (Å²) < 4.78 is 18.4. The molecule has 0 aromatic heterocycles. The molecule has 0 aromatic carbocycles. The predicted molar refractivity (Wildman–Crippen MR) is 106 cm³/mol. The van der Waals surface area contributed by atoms with Crippen LogP contribution < -0.4 is 0 Å². The highest BCUT2D eigenvalue weighted by molar-refractivity contribution is 6.66. The second-order valence-electron chi connectivity index (χ2n) is 5.79. The average Bonchev–Trinajstić information content (AvgIpc) is 2.58. The van der Waals surface area contributed by atoms with Crippen LogP contribution in [0.3, 0.4) is 0 Å². The van der Waals surface area contributed by atoms with Crippen LogP contribution in [0.2, 0.25) is 0 Å². The summed E-state index contributed by atoms with van der Waals surface area (Å²) >= 11 is 0. The van der Waals surface area contributed by atoms with Gasteiger partial charge in [0.25, 0.3) is 0 Å². The van der Waals surface area contributed by atoms with E-state index in [4.69, 9.17) is 13.3 Å². The minimum Gasteiger partial charge on any atom is -0.370 e. The van der Waals surface area contributed by atoms with Gasteiger partial charge in [-0.1, -0.05) is 77.3 Å². The van der Waals surface area contributed by atoms with E-state index in [-0.39, 0.29) is 0 Å². The van der Waals surface area contributed by atoms with Crippen LogP contribution >= 0.6 is 0 Å². The minimum absolute atomic E-state index is 0.699. The summed E-state index contributed by atoms with van der Waals surface area (Å²) in [6.07, 6.45) is 17.7. The maximum Gasteiger partial charge on any atom is 0.529 e. The molecule has 0 unspecified atom stereocenters. The third-order valence-electron chi connectivity index (χ3n) is 3.41. The average molecular weight is 355 g/mol. The molecule has 0 saturated carbocycles. The number of allylic oxidation sites excluding steroid dienone is 5. The monoisotopic (exact) mass is 354 g/mol. The Morgan fingerprint density at radius 3 is 1.50 bits per heavy atom. The van der Waals surface area contributed by atoms with Crippen LogP contribution in [0.5, 0.6) is 0 Å². The molecule has 0 rings (SSSR count). The molecule has 140 valence electrons. The summed E-state index contributed by atoms with van der Waals surface area (Å²) in [5, 5.41) is 0. The normalized spacial score (nSPS) is 13.0. The zero-order valence-corrected chi connectivity index (χ0v) is 17.3. The first kappa shape index (κ1) is 23.3. The molecular weight excluding hydrogens is 316 g/mol. The number of hydrogen-bond donors (Lipinski definition) is 0. The first-order chi connectivity index (χ1) is 11.7. The van der Waals surface area contributed by atoms with Gasteiger partial charge in [0.1, 0.15) is 0 Å². The second-order valence-corrected chi connectivity index (χ2v) is 8.20. The Morgan fingerprint density at radius 1 is 0.625 bits per heavy atom. The topological polar surface area (TPSA) is 27.7 Å². The molecule has 0 aliphatic rings. The molecule has 0 spiro atoms. The lowest BCUT2D eigenvalue weighted by Crippen LogP contribution is -2.45. The Kier molecular flexibility index (Phi) is 16.7. The van der Waals surface area contributed by atoms with Gasteiger partial charge in [0.2, 0.25) is 0 Å². The smallest absolute Gasteiger partial charge is 0.370 e. The molecule has 0 aromatic rings. The molecule has 0 heterocycles. The molecule has 0 N–H and O–H groups in total. The van der Waals surface area contributed by atoms with E-state index in [1.165, 1.54) is 0 Å². The van der Waals surface area contributed by atoms with Crippen LogP contribution in [-0.2, 0) is 13.3 Å². The number of unbranched alkanes of at least 4 members (excludes halogenated alkanes) is 3. The van der Waals surface area contributed by atoms with Crippen LogP contribution in [0.4, 0.5) is 0 Å². The molecule has 0 fully saturated rings. The Bertz CT molecular complexity index is 324. The van der Waals surface area contributed by atoms with Crippen molar-refractivity contribution in [3.63, 3.8) is 0 Å². The van der Waals surface area contributed by atoms with Crippen molar-refractivity contribution in [2.45, 2.75) is 72.6 Å². The fraction of sp³-hybridized carbons (Fsp3) is 0.700. The largest absolute Gasteiger partial charge is 0.529 e. The standard InChI is InChI=1S/C20H38O3Si/c1-5-9-13-14-15-16-20-24(21-17-10-6-2,22-18-11-7-3)23-19-12-8-4/h9,13-16,20H,5-8,10-12,17-19H2,1-4H3. The predicted octanol–water partition coefficient (Wildman–Crippen LogP) is 5.99. The van der Waals surface area contributed by atoms with Crippen LogP contribution in [0.1, 0.15) is 72.6 Å². The molecule has 0 amide bonds. The van der Waals surface area contributed by atoms with Crippen LogP contribution in [-0.4, -0.2) is 28.6 Å². The molecule has 3 nitrogen and oxygen atoms in total. The fourth-order valence-electron chi connectivity index (χ4n) is 1.86. The van der Waals surface area contributed by atoms with Crippen molar-refractivity contribution < 1.29 is 13.3 Å². The van der Waals surface area contributed by atoms with E-state index in [0.29, 0.717) is 19.8 Å². The maximum absolute atomic E-state index is 6.15. The Morgan fingerprint density at radius 2 is 1.08 bits per heavy atom. The summed E-state index contributed by atoms with van der Waals surface area (Å²) in [4.78, 5) is 0. The van der Waals surface area contributed by atoms with Gasteiger partial charge in [-0.2, -0.15) is 0 Å². The third kappa shape index (κ3) is 12.7. The minimum atomic E-state index is -2.73. The van der Waals surface area contributed by atoms with Gasteiger partial charge in [-0.3, -0.25) is 0 Å². The van der Waals surface area contributed by atoms with Crippen molar-refractivity contribution in [1.82, 2.24) is 0 Å². The summed E-state index contributed by atoms with van der Waals surface area (Å²) in [7, 11) is -2.73. The van der Waals surface area contributed by atoms with Crippen molar-refractivity contribution in [2.24, 2.45) is 0 Å². The van der Waals surface area contributed by atoms with Crippen molar-refractivity contribution >= 4 is 8.80 Å². The first-order valence-corrected chi connectivity index (χ1v) is 11.5. The Labute approximate surface area is 151 Å². The Balaban J connectivity index is 4.92. The van der Waals surface area contributed by atoms with Gasteiger partial charge < -0.3 is 13.3 Å². The summed E-state index contributed by atoms with van der Waals surface area (Å²) in [5.74, 6) is 0. The van der Waals surface area contributed by atoms with E-state index in [1.54, 1.807) is 0 Å². The molecule has 0 aliphatic heterocycles. The molecule has 0 atom stereocenters. The van der Waals surface area contributed by atoms with Crippen molar-refractivity contribution in [3.05, 3.63) is 36.1 Å². The van der Waals surface area contributed by atoms with E-state index >= 15 is 0 Å². The second kappa shape index (κ2) is 17.2. The fourth-order valence-corrected chi connectivity index (χ4v) is 4.03. The summed E-state index contributed by atoms with van der Waals surface area (Å²) in [5.41, 5.74) is 2.03. The van der Waals surface area contributed by atoms with Gasteiger partial charge in [0.05, 0.1) is 0 Å². The van der Waals surface area contributed by atoms with Crippen molar-refractivity contribution in [1.29, 1.82) is 0 Å². The Hall–Kier alpha value is -0.683. The molecule has 0 radical (unpaired) electrons. The van der Waals surface area contributed by atoms with Gasteiger partial charge in [-0.15, -0.1) is 0 Å². The van der Waals surface area contributed by atoms with Gasteiger partial charge in [0.15, 0.2) is 0 Å². The molecule has 0 aliphatic carbocycles. The van der Waals surface area contributed by atoms with Crippen molar-refractivity contribution in [3.8, 4) is 0 Å². The highest BCUT2D eigenvalue weighted by Gasteiger charge is 2.38. The first-order valence-electron chi connectivity index (χ1n) is 9.67. The number of rotatable bonds is 16. The van der Waals surface area contributed by atoms with Crippen molar-refractivity contribution in [2.75, 3.05) is 19.8 Å². The van der Waals surface area contributed by atoms with E-state index in [1.807, 2.05) is 23.9 Å². The SMILES string of the molecule is CCC=CC=CC=C[Si](OCCCC)(OCCCC)OCCCC. The number of hydrogen-bond acceptors (Lipinski definition) is 3. The zero-order valence-electron chi connectivity index (χ0n) is 16.3. The van der Waals surface area contributed by atoms with Gasteiger partial charge in [0, 0.05) is 19.8 Å². The maximum atomic E-state index is 6.15. The highest BCUT2D eigenvalue weighted by atomic mass is 28.4. The molecule has 4 heteroatoms. The molecular formula is C20H38O3Si. The van der Waals surface area contributed by atoms with E-state index in [0.717, 1.165) is 44.9 Å². The molecule has 24 heavy (non-hydrogen) atoms.